The van der Waals surface area contributed by atoms with E-state index >= 15 is 0 Å². The van der Waals surface area contributed by atoms with Crippen molar-refractivity contribution in [3.63, 3.8) is 0 Å². The number of carbonyl (C=O) groups excluding carboxylic acids is 1. The zero-order valence-corrected chi connectivity index (χ0v) is 22.3. The lowest BCUT2D eigenvalue weighted by atomic mass is 9.62. The third kappa shape index (κ3) is 4.83. The Labute approximate surface area is 218 Å². The molecule has 1 saturated carbocycles. The van der Waals surface area contributed by atoms with Gasteiger partial charge in [-0.05, 0) is 46.6 Å². The molecule has 4 aliphatic rings. The normalized spacial score (nSPS) is 22.5. The molecule has 0 N–H and O–H groups in total. The highest BCUT2D eigenvalue weighted by atomic mass is 16.6. The van der Waals surface area contributed by atoms with Crippen molar-refractivity contribution in [3.05, 3.63) is 36.0 Å². The van der Waals surface area contributed by atoms with Gasteiger partial charge in [0.2, 0.25) is 0 Å². The van der Waals surface area contributed by atoms with Crippen LogP contribution >= 0.6 is 0 Å². The number of fused-ring (bicyclic) bond motifs is 1. The van der Waals surface area contributed by atoms with Crippen molar-refractivity contribution in [3.8, 4) is 5.75 Å². The van der Waals surface area contributed by atoms with Crippen LogP contribution in [0.3, 0.4) is 0 Å². The molecule has 1 spiro atoms. The van der Waals surface area contributed by atoms with Crippen LogP contribution in [0.15, 0.2) is 24.8 Å². The maximum atomic E-state index is 12.3. The molecule has 1 aliphatic carbocycles. The van der Waals surface area contributed by atoms with Crippen LogP contribution in [0.1, 0.15) is 51.8 Å². The summed E-state index contributed by atoms with van der Waals surface area (Å²) < 4.78 is 12.1. The lowest BCUT2D eigenvalue weighted by Gasteiger charge is -2.58. The topological polar surface area (TPSA) is 96.8 Å². The molecule has 10 heteroatoms. The van der Waals surface area contributed by atoms with E-state index in [1.54, 1.807) is 6.20 Å². The van der Waals surface area contributed by atoms with Crippen molar-refractivity contribution < 1.29 is 14.3 Å². The number of carbonyl (C=O) groups is 1. The predicted octanol–water partition coefficient (Wildman–Crippen LogP) is 2.93. The van der Waals surface area contributed by atoms with Crippen LogP contribution in [0.5, 0.6) is 5.75 Å². The Morgan fingerprint density at radius 2 is 1.95 bits per heavy atom. The van der Waals surface area contributed by atoms with Crippen molar-refractivity contribution >= 4 is 11.9 Å². The van der Waals surface area contributed by atoms with Crippen LogP contribution in [0.4, 0.5) is 10.6 Å². The molecule has 1 unspecified atom stereocenters. The van der Waals surface area contributed by atoms with Crippen molar-refractivity contribution in [2.75, 3.05) is 37.6 Å². The van der Waals surface area contributed by atoms with Gasteiger partial charge < -0.3 is 19.3 Å². The van der Waals surface area contributed by atoms with E-state index in [0.717, 1.165) is 75.8 Å². The summed E-state index contributed by atoms with van der Waals surface area (Å²) in [5, 5.41) is 7.71. The molecule has 3 fully saturated rings. The minimum atomic E-state index is -0.458. The summed E-state index contributed by atoms with van der Waals surface area (Å²) in [6.07, 6.45) is 8.24. The van der Waals surface area contributed by atoms with Crippen molar-refractivity contribution in [2.45, 2.75) is 71.2 Å². The SMILES string of the molecule is CC(C1CN(C(=O)OC(C)(C)C)C1)N1CCc2nccc(OC3CC4(C3)CN(c3cnncn3)C4)c2C1. The monoisotopic (exact) mass is 507 g/mol. The van der Waals surface area contributed by atoms with Crippen LogP contribution in [-0.4, -0.2) is 86.5 Å². The fourth-order valence-electron chi connectivity index (χ4n) is 6.23. The van der Waals surface area contributed by atoms with Crippen molar-refractivity contribution in [2.24, 2.45) is 11.3 Å². The second-order valence-electron chi connectivity index (χ2n) is 12.3. The molecular formula is C27H37N7O3. The highest BCUT2D eigenvalue weighted by molar-refractivity contribution is 5.69. The molecule has 37 heavy (non-hydrogen) atoms. The minimum absolute atomic E-state index is 0.207. The highest BCUT2D eigenvalue weighted by Gasteiger charge is 2.54. The molecule has 0 bridgehead atoms. The molecule has 2 saturated heterocycles. The minimum Gasteiger partial charge on any atom is -0.490 e. The van der Waals surface area contributed by atoms with Gasteiger partial charge in [0.25, 0.3) is 0 Å². The molecule has 2 aromatic rings. The number of hydrogen-bond acceptors (Lipinski definition) is 9. The van der Waals surface area contributed by atoms with Crippen LogP contribution < -0.4 is 9.64 Å². The zero-order chi connectivity index (χ0) is 25.8. The van der Waals surface area contributed by atoms with E-state index in [0.29, 0.717) is 17.4 Å². The number of nitrogens with zero attached hydrogens (tertiary/aromatic N) is 7. The molecule has 5 heterocycles. The fourth-order valence-corrected chi connectivity index (χ4v) is 6.23. The maximum Gasteiger partial charge on any atom is 0.410 e. The van der Waals surface area contributed by atoms with E-state index in [2.05, 4.69) is 36.9 Å². The van der Waals surface area contributed by atoms with Crippen LogP contribution in [0.25, 0.3) is 0 Å². The molecule has 10 nitrogen and oxygen atoms in total. The summed E-state index contributed by atoms with van der Waals surface area (Å²) >= 11 is 0. The highest BCUT2D eigenvalue weighted by Crippen LogP contribution is 2.50. The van der Waals surface area contributed by atoms with Gasteiger partial charge in [0, 0.05) is 80.5 Å². The third-order valence-corrected chi connectivity index (χ3v) is 8.39. The number of pyridine rings is 1. The maximum absolute atomic E-state index is 12.3. The number of likely N-dealkylation sites (tertiary alicyclic amines) is 1. The summed E-state index contributed by atoms with van der Waals surface area (Å²) in [6, 6.07) is 2.41. The average molecular weight is 508 g/mol. The smallest absolute Gasteiger partial charge is 0.410 e. The Hall–Kier alpha value is -3.01. The Balaban J connectivity index is 1.02. The zero-order valence-electron chi connectivity index (χ0n) is 22.3. The van der Waals surface area contributed by atoms with E-state index in [1.165, 1.54) is 11.9 Å². The summed E-state index contributed by atoms with van der Waals surface area (Å²) in [5.74, 6) is 2.35. The quantitative estimate of drug-likeness (QED) is 0.605. The second kappa shape index (κ2) is 9.08. The first-order valence-electron chi connectivity index (χ1n) is 13.4. The molecule has 2 aromatic heterocycles. The first-order chi connectivity index (χ1) is 17.7. The number of rotatable bonds is 5. The first-order valence-corrected chi connectivity index (χ1v) is 13.4. The van der Waals surface area contributed by atoms with Gasteiger partial charge in [-0.25, -0.2) is 9.78 Å². The Morgan fingerprint density at radius 3 is 2.65 bits per heavy atom. The number of anilines is 1. The third-order valence-electron chi connectivity index (χ3n) is 8.39. The molecule has 0 radical (unpaired) electrons. The van der Waals surface area contributed by atoms with Gasteiger partial charge in [0.15, 0.2) is 5.82 Å². The standard InChI is InChI=1S/C27H37N7O3/c1-18(19-12-33(13-19)25(35)37-26(2,3)4)32-8-6-22-21(14-32)23(5-7-28-22)36-20-9-27(10-20)15-34(16-27)24-11-30-31-17-29-24/h5,7,11,17-20H,6,8-10,12-16H2,1-4H3. The summed E-state index contributed by atoms with van der Waals surface area (Å²) in [6.45, 7) is 13.3. The van der Waals surface area contributed by atoms with Gasteiger partial charge in [-0.15, -0.1) is 5.10 Å². The van der Waals surface area contributed by atoms with E-state index in [4.69, 9.17) is 9.47 Å². The molecule has 1 amide bonds. The molecule has 3 aliphatic heterocycles. The summed E-state index contributed by atoms with van der Waals surface area (Å²) in [5.41, 5.74) is 2.27. The number of aromatic nitrogens is 4. The number of hydrogen-bond donors (Lipinski definition) is 0. The Bertz CT molecular complexity index is 1130. The van der Waals surface area contributed by atoms with Crippen LogP contribution in [0, 0.1) is 11.3 Å². The Kier molecular flexibility index (Phi) is 5.97. The van der Waals surface area contributed by atoms with Crippen LogP contribution in [0.2, 0.25) is 0 Å². The van der Waals surface area contributed by atoms with E-state index < -0.39 is 5.60 Å². The van der Waals surface area contributed by atoms with Gasteiger partial charge in [0.05, 0.1) is 6.20 Å². The first kappa shape index (κ1) is 24.3. The average Bonchev–Trinajstić information content (AvgIpc) is 2.78. The summed E-state index contributed by atoms with van der Waals surface area (Å²) in [7, 11) is 0. The number of ether oxygens (including phenoxy) is 2. The van der Waals surface area contributed by atoms with Gasteiger partial charge in [-0.3, -0.25) is 9.88 Å². The molecular weight excluding hydrogens is 470 g/mol. The largest absolute Gasteiger partial charge is 0.490 e. The van der Waals surface area contributed by atoms with E-state index in [9.17, 15) is 4.79 Å². The van der Waals surface area contributed by atoms with Crippen LogP contribution in [-0.2, 0) is 17.7 Å². The van der Waals surface area contributed by atoms with Gasteiger partial charge >= 0.3 is 6.09 Å². The predicted molar refractivity (Wildman–Crippen MR) is 137 cm³/mol. The molecule has 198 valence electrons. The van der Waals surface area contributed by atoms with Gasteiger partial charge in [-0.2, -0.15) is 5.10 Å². The lowest BCUT2D eigenvalue weighted by Crippen LogP contribution is -2.65. The van der Waals surface area contributed by atoms with E-state index in [1.807, 2.05) is 37.9 Å². The Morgan fingerprint density at radius 1 is 1.16 bits per heavy atom. The van der Waals surface area contributed by atoms with Gasteiger partial charge in [0.1, 0.15) is 23.8 Å². The lowest BCUT2D eigenvalue weighted by molar-refractivity contribution is -0.0358. The summed E-state index contributed by atoms with van der Waals surface area (Å²) in [4.78, 5) is 27.9. The molecule has 1 atom stereocenters. The van der Waals surface area contributed by atoms with Gasteiger partial charge in [-0.1, -0.05) is 0 Å². The fraction of sp³-hybridized carbons (Fsp3) is 0.667. The number of amides is 1. The molecule has 6 rings (SSSR count). The second-order valence-corrected chi connectivity index (χ2v) is 12.3. The van der Waals surface area contributed by atoms with Crippen molar-refractivity contribution in [1.82, 2.24) is 30.0 Å². The van der Waals surface area contributed by atoms with Crippen molar-refractivity contribution in [1.29, 1.82) is 0 Å². The molecule has 0 aromatic carbocycles. The van der Waals surface area contributed by atoms with E-state index in [-0.39, 0.29) is 12.2 Å².